The van der Waals surface area contributed by atoms with Gasteiger partial charge in [0, 0.05) is 33.0 Å². The molecule has 9 heteroatoms. The predicted octanol–water partition coefficient (Wildman–Crippen LogP) is -1.51. The van der Waals surface area contributed by atoms with Gasteiger partial charge in [0.15, 0.2) is 5.82 Å². The summed E-state index contributed by atoms with van der Waals surface area (Å²) in [5.74, 6) is -0.594. The minimum atomic E-state index is -1.18. The Bertz CT molecular complexity index is 433. The fraction of sp³-hybridized carbons (Fsp3) is 0.600. The summed E-state index contributed by atoms with van der Waals surface area (Å²) in [5, 5.41) is 26.2. The molecule has 0 aromatic carbocycles. The van der Waals surface area contributed by atoms with Crippen molar-refractivity contribution >= 4 is 12.0 Å². The quantitative estimate of drug-likeness (QED) is 0.477. The number of nitrogens with one attached hydrogen (secondary N) is 2. The topological polar surface area (TPSA) is 129 Å². The average molecular weight is 271 g/mol. The molecule has 1 aromatic heterocycles. The number of hydrogen-bond acceptors (Lipinski definition) is 5. The van der Waals surface area contributed by atoms with Crippen LogP contribution in [0, 0.1) is 0 Å². The fourth-order valence-corrected chi connectivity index (χ4v) is 1.38. The molecule has 0 saturated carbocycles. The molecule has 1 heterocycles. The van der Waals surface area contributed by atoms with E-state index in [2.05, 4.69) is 20.7 Å². The van der Waals surface area contributed by atoms with E-state index in [0.717, 1.165) is 0 Å². The molecule has 0 bridgehead atoms. The third-order valence-electron chi connectivity index (χ3n) is 2.30. The first kappa shape index (κ1) is 14.9. The molecule has 19 heavy (non-hydrogen) atoms. The van der Waals surface area contributed by atoms with Gasteiger partial charge < -0.3 is 20.8 Å². The number of carboxylic acid groups (broad SMARTS) is 1. The Morgan fingerprint density at radius 2 is 2.26 bits per heavy atom. The zero-order valence-corrected chi connectivity index (χ0v) is 10.5. The second-order valence-corrected chi connectivity index (χ2v) is 3.89. The number of aliphatic hydroxyl groups excluding tert-OH is 1. The summed E-state index contributed by atoms with van der Waals surface area (Å²) in [7, 11) is 1.74. The van der Waals surface area contributed by atoms with E-state index >= 15 is 0 Å². The maximum absolute atomic E-state index is 11.4. The molecule has 0 fully saturated rings. The number of urea groups is 1. The summed E-state index contributed by atoms with van der Waals surface area (Å²) in [5.41, 5.74) is 0. The zero-order valence-electron chi connectivity index (χ0n) is 10.5. The van der Waals surface area contributed by atoms with Crippen LogP contribution < -0.4 is 10.6 Å². The number of carbonyl (C=O) groups excluding carboxylic acids is 1. The second-order valence-electron chi connectivity index (χ2n) is 3.89. The minimum Gasteiger partial charge on any atom is -0.480 e. The number of aromatic nitrogens is 3. The van der Waals surface area contributed by atoms with Gasteiger partial charge in [-0.3, -0.25) is 4.68 Å². The third-order valence-corrected chi connectivity index (χ3v) is 2.30. The highest BCUT2D eigenvalue weighted by Crippen LogP contribution is 1.92. The zero-order chi connectivity index (χ0) is 14.3. The lowest BCUT2D eigenvalue weighted by Gasteiger charge is -2.13. The van der Waals surface area contributed by atoms with E-state index in [0.29, 0.717) is 18.8 Å². The van der Waals surface area contributed by atoms with Crippen molar-refractivity contribution in [2.24, 2.45) is 7.05 Å². The van der Waals surface area contributed by atoms with Crippen molar-refractivity contribution in [1.29, 1.82) is 0 Å². The van der Waals surface area contributed by atoms with Crippen molar-refractivity contribution in [3.8, 4) is 0 Å². The maximum atomic E-state index is 11.4. The van der Waals surface area contributed by atoms with Gasteiger partial charge in [-0.2, -0.15) is 5.10 Å². The van der Waals surface area contributed by atoms with E-state index in [4.69, 9.17) is 10.2 Å². The highest BCUT2D eigenvalue weighted by atomic mass is 16.4. The highest BCUT2D eigenvalue weighted by Gasteiger charge is 2.18. The summed E-state index contributed by atoms with van der Waals surface area (Å²) in [6.07, 6.45) is 1.97. The standard InChI is InChI=1S/C10H17N5O4/c1-15-6-12-8(14-15)2-4-11-10(19)13-7(3-5-16)9(17)18/h6-7,16H,2-5H2,1H3,(H,17,18)(H2,11,13,19)/t7-/m1/s1. The molecule has 0 saturated heterocycles. The van der Waals surface area contributed by atoms with Gasteiger partial charge >= 0.3 is 12.0 Å². The molecule has 0 aliphatic heterocycles. The Morgan fingerprint density at radius 1 is 1.53 bits per heavy atom. The van der Waals surface area contributed by atoms with E-state index in [1.807, 2.05) is 0 Å². The Hall–Kier alpha value is -2.16. The number of carboxylic acids is 1. The molecular weight excluding hydrogens is 254 g/mol. The van der Waals surface area contributed by atoms with Crippen molar-refractivity contribution in [1.82, 2.24) is 25.4 Å². The molecule has 2 amide bonds. The number of aryl methyl sites for hydroxylation is 1. The van der Waals surface area contributed by atoms with Crippen LogP contribution in [-0.4, -0.2) is 56.2 Å². The van der Waals surface area contributed by atoms with Crippen molar-refractivity contribution < 1.29 is 19.8 Å². The molecule has 0 aliphatic rings. The van der Waals surface area contributed by atoms with E-state index in [1.54, 1.807) is 18.1 Å². The first-order valence-corrected chi connectivity index (χ1v) is 5.75. The SMILES string of the molecule is Cn1cnc(CCNC(=O)N[C@H](CCO)C(=O)O)n1. The van der Waals surface area contributed by atoms with Crippen LogP contribution in [0.5, 0.6) is 0 Å². The Balaban J connectivity index is 2.28. The molecule has 0 radical (unpaired) electrons. The molecule has 1 atom stereocenters. The second kappa shape index (κ2) is 7.31. The van der Waals surface area contributed by atoms with Crippen LogP contribution in [0.2, 0.25) is 0 Å². The van der Waals surface area contributed by atoms with E-state index < -0.39 is 18.0 Å². The number of amides is 2. The van der Waals surface area contributed by atoms with Gasteiger partial charge in [0.2, 0.25) is 0 Å². The molecule has 9 nitrogen and oxygen atoms in total. The first-order valence-electron chi connectivity index (χ1n) is 5.75. The Labute approximate surface area is 109 Å². The fourth-order valence-electron chi connectivity index (χ4n) is 1.38. The van der Waals surface area contributed by atoms with Crippen molar-refractivity contribution in [3.05, 3.63) is 12.2 Å². The number of aliphatic hydroxyl groups is 1. The molecule has 0 spiro atoms. The van der Waals surface area contributed by atoms with Gasteiger partial charge in [-0.1, -0.05) is 0 Å². The van der Waals surface area contributed by atoms with Crippen LogP contribution in [0.4, 0.5) is 4.79 Å². The van der Waals surface area contributed by atoms with Gasteiger partial charge in [0.1, 0.15) is 12.4 Å². The smallest absolute Gasteiger partial charge is 0.326 e. The van der Waals surface area contributed by atoms with Crippen molar-refractivity contribution in [2.45, 2.75) is 18.9 Å². The van der Waals surface area contributed by atoms with Crippen LogP contribution in [0.15, 0.2) is 6.33 Å². The monoisotopic (exact) mass is 271 g/mol. The van der Waals surface area contributed by atoms with Crippen molar-refractivity contribution in [2.75, 3.05) is 13.2 Å². The minimum absolute atomic E-state index is 0.0372. The van der Waals surface area contributed by atoms with E-state index in [-0.39, 0.29) is 13.0 Å². The van der Waals surface area contributed by atoms with Crippen LogP contribution in [-0.2, 0) is 18.3 Å². The number of nitrogens with zero attached hydrogens (tertiary/aromatic N) is 3. The van der Waals surface area contributed by atoms with Gasteiger partial charge in [-0.25, -0.2) is 14.6 Å². The lowest BCUT2D eigenvalue weighted by atomic mass is 10.2. The number of rotatable bonds is 7. The van der Waals surface area contributed by atoms with Gasteiger partial charge in [0.25, 0.3) is 0 Å². The maximum Gasteiger partial charge on any atom is 0.326 e. The van der Waals surface area contributed by atoms with Crippen LogP contribution in [0.1, 0.15) is 12.2 Å². The van der Waals surface area contributed by atoms with E-state index in [1.165, 1.54) is 0 Å². The van der Waals surface area contributed by atoms with Gasteiger partial charge in [-0.05, 0) is 0 Å². The molecular formula is C10H17N5O4. The molecule has 1 rings (SSSR count). The molecule has 4 N–H and O–H groups in total. The molecule has 0 unspecified atom stereocenters. The van der Waals surface area contributed by atoms with E-state index in [9.17, 15) is 9.59 Å². The number of carbonyl (C=O) groups is 2. The van der Waals surface area contributed by atoms with Crippen LogP contribution >= 0.6 is 0 Å². The van der Waals surface area contributed by atoms with Crippen LogP contribution in [0.25, 0.3) is 0 Å². The van der Waals surface area contributed by atoms with Crippen LogP contribution in [0.3, 0.4) is 0 Å². The largest absolute Gasteiger partial charge is 0.480 e. The Kier molecular flexibility index (Phi) is 5.73. The lowest BCUT2D eigenvalue weighted by molar-refractivity contribution is -0.139. The molecule has 0 aliphatic carbocycles. The number of aliphatic carboxylic acids is 1. The summed E-state index contributed by atoms with van der Waals surface area (Å²) >= 11 is 0. The molecule has 106 valence electrons. The highest BCUT2D eigenvalue weighted by molar-refractivity contribution is 5.82. The summed E-state index contributed by atoms with van der Waals surface area (Å²) in [6.45, 7) is -0.0174. The average Bonchev–Trinajstić information content (AvgIpc) is 2.74. The summed E-state index contributed by atoms with van der Waals surface area (Å²) < 4.78 is 1.55. The summed E-state index contributed by atoms with van der Waals surface area (Å²) in [4.78, 5) is 26.1. The normalized spacial score (nSPS) is 11.9. The third kappa shape index (κ3) is 5.34. The summed E-state index contributed by atoms with van der Waals surface area (Å²) in [6, 6.07) is -1.70. The number of hydrogen-bond donors (Lipinski definition) is 4. The lowest BCUT2D eigenvalue weighted by Crippen LogP contribution is -2.46. The predicted molar refractivity (Wildman–Crippen MR) is 64.4 cm³/mol. The first-order chi connectivity index (χ1) is 9.02. The Morgan fingerprint density at radius 3 is 2.79 bits per heavy atom. The van der Waals surface area contributed by atoms with Gasteiger partial charge in [-0.15, -0.1) is 0 Å². The van der Waals surface area contributed by atoms with Gasteiger partial charge in [0.05, 0.1) is 0 Å². The molecule has 1 aromatic rings. The van der Waals surface area contributed by atoms with Crippen molar-refractivity contribution in [3.63, 3.8) is 0 Å².